The number of hydrogen-bond donors (Lipinski definition) is 1. The van der Waals surface area contributed by atoms with E-state index >= 15 is 0 Å². The highest BCUT2D eigenvalue weighted by Crippen LogP contribution is 2.33. The Labute approximate surface area is 112 Å². The fourth-order valence-electron chi connectivity index (χ4n) is 2.18. The van der Waals surface area contributed by atoms with Crippen LogP contribution in [0.25, 0.3) is 21.9 Å². The van der Waals surface area contributed by atoms with Crippen LogP contribution in [0.3, 0.4) is 0 Å². The molecule has 0 saturated carbocycles. The molecular weight excluding hydrogens is 236 g/mol. The molecule has 0 amide bonds. The van der Waals surface area contributed by atoms with Crippen molar-refractivity contribution in [1.82, 2.24) is 10.2 Å². The molecule has 1 aromatic heterocycles. The van der Waals surface area contributed by atoms with Gasteiger partial charge in [-0.05, 0) is 22.8 Å². The molecule has 0 bridgehead atoms. The van der Waals surface area contributed by atoms with Gasteiger partial charge in [-0.3, -0.25) is 0 Å². The molecule has 1 N–H and O–H groups in total. The molecule has 0 aliphatic heterocycles. The molecule has 2 aromatic carbocycles. The highest BCUT2D eigenvalue weighted by molar-refractivity contribution is 5.97. The summed E-state index contributed by atoms with van der Waals surface area (Å²) >= 11 is 0. The Hall–Kier alpha value is -2.29. The lowest BCUT2D eigenvalue weighted by molar-refractivity contribution is 0.306. The predicted molar refractivity (Wildman–Crippen MR) is 76.2 cm³/mol. The maximum atomic E-state index is 5.68. The fraction of sp³-hybridized carbons (Fsp3) is 0.188. The van der Waals surface area contributed by atoms with Gasteiger partial charge in [-0.15, -0.1) is 0 Å². The number of rotatable bonds is 4. The number of H-pyrrole nitrogens is 1. The van der Waals surface area contributed by atoms with Crippen LogP contribution in [0.1, 0.15) is 13.3 Å². The average molecular weight is 251 g/mol. The third-order valence-corrected chi connectivity index (χ3v) is 3.06. The summed E-state index contributed by atoms with van der Waals surface area (Å²) in [5, 5.41) is 9.25. The Balaban J connectivity index is 2.12. The quantitative estimate of drug-likeness (QED) is 0.765. The van der Waals surface area contributed by atoms with Crippen molar-refractivity contribution in [3.63, 3.8) is 0 Å². The van der Waals surface area contributed by atoms with E-state index in [1.54, 1.807) is 0 Å². The number of nitrogens with one attached hydrogen (secondary N) is 1. The molecular formula is C16H15N2O. The number of ether oxygens (including phenoxy) is 1. The van der Waals surface area contributed by atoms with E-state index in [1.165, 1.54) is 10.8 Å². The molecule has 19 heavy (non-hydrogen) atoms. The molecule has 3 rings (SSSR count). The molecule has 0 saturated heterocycles. The molecule has 3 heteroatoms. The first-order valence-corrected chi connectivity index (χ1v) is 6.47. The molecule has 1 radical (unpaired) electrons. The second-order valence-electron chi connectivity index (χ2n) is 4.41. The Morgan fingerprint density at radius 3 is 2.89 bits per heavy atom. The SMILES string of the molecule is CCCOc1[nH]n[c]c1-c1cccc2ccccc12. The van der Waals surface area contributed by atoms with E-state index < -0.39 is 0 Å². The summed E-state index contributed by atoms with van der Waals surface area (Å²) in [4.78, 5) is 0. The largest absolute Gasteiger partial charge is 0.478 e. The van der Waals surface area contributed by atoms with E-state index in [-0.39, 0.29) is 0 Å². The third kappa shape index (κ3) is 2.19. The second-order valence-corrected chi connectivity index (χ2v) is 4.41. The minimum Gasteiger partial charge on any atom is -0.478 e. The minimum absolute atomic E-state index is 0.674. The van der Waals surface area contributed by atoms with Crippen molar-refractivity contribution in [3.8, 4) is 17.0 Å². The Morgan fingerprint density at radius 2 is 2.00 bits per heavy atom. The Kier molecular flexibility index (Phi) is 3.19. The van der Waals surface area contributed by atoms with Crippen LogP contribution in [0.5, 0.6) is 5.88 Å². The van der Waals surface area contributed by atoms with E-state index in [9.17, 15) is 0 Å². The number of hydrogen-bond acceptors (Lipinski definition) is 2. The van der Waals surface area contributed by atoms with Gasteiger partial charge in [0.15, 0.2) is 0 Å². The van der Waals surface area contributed by atoms with Gasteiger partial charge in [0.25, 0.3) is 0 Å². The summed E-state index contributed by atoms with van der Waals surface area (Å²) in [7, 11) is 0. The van der Waals surface area contributed by atoms with Gasteiger partial charge in [-0.2, -0.15) is 5.10 Å². The standard InChI is InChI=1S/C16H15N2O/c1-2-10-19-16-15(11-17-18-16)14-9-5-7-12-6-3-4-8-13(12)14/h3-9H,2,10H2,1H3,(H,17,18). The lowest BCUT2D eigenvalue weighted by Crippen LogP contribution is -1.96. The summed E-state index contributed by atoms with van der Waals surface area (Å²) in [6.45, 7) is 2.76. The molecule has 3 aromatic rings. The summed E-state index contributed by atoms with van der Waals surface area (Å²) in [5.74, 6) is 0.693. The number of benzene rings is 2. The van der Waals surface area contributed by atoms with Gasteiger partial charge in [0.2, 0.25) is 5.88 Å². The zero-order valence-corrected chi connectivity index (χ0v) is 10.8. The van der Waals surface area contributed by atoms with Crippen molar-refractivity contribution >= 4 is 10.8 Å². The predicted octanol–water partition coefficient (Wildman–Crippen LogP) is 3.82. The molecule has 0 fully saturated rings. The van der Waals surface area contributed by atoms with E-state index in [1.807, 2.05) is 18.2 Å². The lowest BCUT2D eigenvalue weighted by atomic mass is 10.0. The van der Waals surface area contributed by atoms with Crippen LogP contribution in [0.2, 0.25) is 0 Å². The van der Waals surface area contributed by atoms with Gasteiger partial charge in [0, 0.05) is 0 Å². The second kappa shape index (κ2) is 5.14. The maximum Gasteiger partial charge on any atom is 0.217 e. The van der Waals surface area contributed by atoms with Gasteiger partial charge < -0.3 is 4.74 Å². The Bertz CT molecular complexity index is 683. The molecule has 0 spiro atoms. The zero-order valence-electron chi connectivity index (χ0n) is 10.8. The van der Waals surface area contributed by atoms with Crippen LogP contribution in [0.4, 0.5) is 0 Å². The molecule has 95 valence electrons. The van der Waals surface area contributed by atoms with E-state index in [4.69, 9.17) is 4.74 Å². The maximum absolute atomic E-state index is 5.68. The molecule has 0 aliphatic rings. The van der Waals surface area contributed by atoms with Gasteiger partial charge >= 0.3 is 0 Å². The first-order chi connectivity index (χ1) is 9.40. The highest BCUT2D eigenvalue weighted by atomic mass is 16.5. The zero-order chi connectivity index (χ0) is 13.1. The Morgan fingerprint density at radius 1 is 1.16 bits per heavy atom. The fourth-order valence-corrected chi connectivity index (χ4v) is 2.18. The molecule has 0 aliphatic carbocycles. The number of fused-ring (bicyclic) bond motifs is 1. The molecule has 0 unspecified atom stereocenters. The smallest absolute Gasteiger partial charge is 0.217 e. The topological polar surface area (TPSA) is 37.9 Å². The average Bonchev–Trinajstić information content (AvgIpc) is 2.92. The first kappa shape index (κ1) is 11.8. The van der Waals surface area contributed by atoms with Crippen LogP contribution in [0, 0.1) is 6.20 Å². The van der Waals surface area contributed by atoms with Crippen molar-refractivity contribution in [2.75, 3.05) is 6.61 Å². The van der Waals surface area contributed by atoms with Crippen molar-refractivity contribution < 1.29 is 4.74 Å². The van der Waals surface area contributed by atoms with E-state index in [0.29, 0.717) is 12.5 Å². The van der Waals surface area contributed by atoms with Crippen LogP contribution < -0.4 is 4.74 Å². The first-order valence-electron chi connectivity index (χ1n) is 6.47. The van der Waals surface area contributed by atoms with Gasteiger partial charge in [0.1, 0.15) is 6.20 Å². The summed E-state index contributed by atoms with van der Waals surface area (Å²) in [5.41, 5.74) is 1.99. The highest BCUT2D eigenvalue weighted by Gasteiger charge is 2.12. The van der Waals surface area contributed by atoms with Crippen LogP contribution >= 0.6 is 0 Å². The normalized spacial score (nSPS) is 10.8. The van der Waals surface area contributed by atoms with Gasteiger partial charge in [-0.1, -0.05) is 49.4 Å². The van der Waals surface area contributed by atoms with Crippen molar-refractivity contribution in [3.05, 3.63) is 48.7 Å². The van der Waals surface area contributed by atoms with E-state index in [0.717, 1.165) is 17.5 Å². The van der Waals surface area contributed by atoms with Crippen LogP contribution in [-0.2, 0) is 0 Å². The summed E-state index contributed by atoms with van der Waals surface area (Å²) < 4.78 is 5.68. The molecule has 3 nitrogen and oxygen atoms in total. The summed E-state index contributed by atoms with van der Waals surface area (Å²) in [6, 6.07) is 14.5. The molecule has 1 heterocycles. The van der Waals surface area contributed by atoms with Crippen LogP contribution in [0.15, 0.2) is 42.5 Å². The number of aromatic amines is 1. The van der Waals surface area contributed by atoms with Crippen molar-refractivity contribution in [1.29, 1.82) is 0 Å². The number of nitrogens with zero attached hydrogens (tertiary/aromatic N) is 1. The van der Waals surface area contributed by atoms with Gasteiger partial charge in [0.05, 0.1) is 12.2 Å². The number of aromatic nitrogens is 2. The minimum atomic E-state index is 0.674. The summed E-state index contributed by atoms with van der Waals surface area (Å²) in [6.07, 6.45) is 3.96. The van der Waals surface area contributed by atoms with Gasteiger partial charge in [-0.25, -0.2) is 5.10 Å². The lowest BCUT2D eigenvalue weighted by Gasteiger charge is -2.07. The molecule has 0 atom stereocenters. The van der Waals surface area contributed by atoms with Crippen molar-refractivity contribution in [2.45, 2.75) is 13.3 Å². The van der Waals surface area contributed by atoms with Crippen LogP contribution in [-0.4, -0.2) is 16.8 Å². The third-order valence-electron chi connectivity index (χ3n) is 3.06. The monoisotopic (exact) mass is 251 g/mol. The van der Waals surface area contributed by atoms with Crippen molar-refractivity contribution in [2.24, 2.45) is 0 Å². The van der Waals surface area contributed by atoms with E-state index in [2.05, 4.69) is 47.6 Å².